The third-order valence-electron chi connectivity index (χ3n) is 11.8. The predicted octanol–water partition coefficient (Wildman–Crippen LogP) is 9.26. The Labute approximate surface area is 318 Å². The molecule has 1 aromatic heterocycles. The number of benzene rings is 5. The second-order valence-electron chi connectivity index (χ2n) is 14.2. The number of fused-ring (bicyclic) bond motifs is 8. The number of halogens is 2. The van der Waals surface area contributed by atoms with E-state index in [1.165, 1.54) is 22.3 Å². The van der Waals surface area contributed by atoms with Gasteiger partial charge in [0, 0.05) is 51.8 Å². The molecular weight excluding hydrogens is 699 g/mol. The maximum absolute atomic E-state index is 14.0. The van der Waals surface area contributed by atoms with Gasteiger partial charge >= 0.3 is 12.2 Å². The first kappa shape index (κ1) is 34.9. The summed E-state index contributed by atoms with van der Waals surface area (Å²) in [6.45, 7) is 7.52. The van der Waals surface area contributed by atoms with Crippen LogP contribution in [0.5, 0.6) is 17.2 Å². The fraction of sp³-hybridized carbons (Fsp3) is 0.267. The van der Waals surface area contributed by atoms with E-state index >= 15 is 0 Å². The van der Waals surface area contributed by atoms with E-state index in [-0.39, 0.29) is 11.2 Å². The van der Waals surface area contributed by atoms with Crippen molar-refractivity contribution in [3.63, 3.8) is 0 Å². The number of aromatic nitrogens is 3. The lowest BCUT2D eigenvalue weighted by Gasteiger charge is -2.39. The molecule has 55 heavy (non-hydrogen) atoms. The zero-order valence-corrected chi connectivity index (χ0v) is 31.2. The average Bonchev–Trinajstić information content (AvgIpc) is 3.54. The molecule has 1 aliphatic carbocycles. The fourth-order valence-corrected chi connectivity index (χ4v) is 9.02. The number of hydrogen-bond donors (Lipinski definition) is 0. The summed E-state index contributed by atoms with van der Waals surface area (Å²) in [6.07, 6.45) is 3.81. The molecule has 9 rings (SSSR count). The average molecular weight is 739 g/mol. The number of nitrogens with zero attached hydrogens (tertiary/aromatic N) is 4. The van der Waals surface area contributed by atoms with Crippen LogP contribution < -0.4 is 19.1 Å². The van der Waals surface area contributed by atoms with E-state index in [2.05, 4.69) is 100 Å². The van der Waals surface area contributed by atoms with Crippen molar-refractivity contribution in [2.75, 3.05) is 45.4 Å². The second kappa shape index (κ2) is 13.5. The number of ether oxygens (including phenoxy) is 4. The van der Waals surface area contributed by atoms with E-state index in [0.29, 0.717) is 30.3 Å². The van der Waals surface area contributed by atoms with Crippen LogP contribution in [0.15, 0.2) is 91.0 Å². The van der Waals surface area contributed by atoms with Gasteiger partial charge in [-0.15, -0.1) is 0 Å². The quantitative estimate of drug-likeness (QED) is 0.153. The summed E-state index contributed by atoms with van der Waals surface area (Å²) in [7, 11) is 3.30. The zero-order chi connectivity index (χ0) is 37.9. The number of rotatable bonds is 8. The minimum absolute atomic E-state index is 0.0939. The van der Waals surface area contributed by atoms with Gasteiger partial charge in [-0.2, -0.15) is 23.7 Å². The standard InChI is InChI=1S/C45H40F2N4O4/c1-5-44(6-2)35-10-8-7-9-31(35)38-33-25-36(52-3)37(53-4)26-34(33)40-32(39(38)44)19-20-45(55-40,29-15-17-30(18-16-29)51-21-23-54-24-22-51)28-13-11-27(12-14-28)41-48-42(46)50-43(47)49-41/h7-20,25-26H,5-6,21-24H2,1-4H3. The summed E-state index contributed by atoms with van der Waals surface area (Å²) in [5, 5.41) is 1.92. The van der Waals surface area contributed by atoms with Crippen LogP contribution in [0.4, 0.5) is 14.5 Å². The predicted molar refractivity (Wildman–Crippen MR) is 209 cm³/mol. The normalized spacial score (nSPS) is 18.0. The van der Waals surface area contributed by atoms with Gasteiger partial charge in [-0.05, 0) is 70.8 Å². The molecule has 0 amide bonds. The highest BCUT2D eigenvalue weighted by molar-refractivity contribution is 6.09. The number of anilines is 1. The highest BCUT2D eigenvalue weighted by Crippen LogP contribution is 2.61. The van der Waals surface area contributed by atoms with Gasteiger partial charge in [0.15, 0.2) is 22.9 Å². The third kappa shape index (κ3) is 5.37. The summed E-state index contributed by atoms with van der Waals surface area (Å²) < 4.78 is 53.0. The molecule has 5 aromatic carbocycles. The first-order valence-electron chi connectivity index (χ1n) is 18.7. The van der Waals surface area contributed by atoms with E-state index in [4.69, 9.17) is 18.9 Å². The van der Waals surface area contributed by atoms with Gasteiger partial charge in [-0.3, -0.25) is 0 Å². The zero-order valence-electron chi connectivity index (χ0n) is 31.2. The van der Waals surface area contributed by atoms with Crippen LogP contribution in [0.1, 0.15) is 54.5 Å². The first-order valence-corrected chi connectivity index (χ1v) is 18.7. The Balaban J connectivity index is 1.29. The Kier molecular flexibility index (Phi) is 8.53. The van der Waals surface area contributed by atoms with Crippen LogP contribution in [-0.2, 0) is 15.8 Å². The molecule has 10 heteroatoms. The van der Waals surface area contributed by atoms with Gasteiger partial charge in [0.1, 0.15) is 5.75 Å². The lowest BCUT2D eigenvalue weighted by molar-refractivity contribution is 0.122. The SMILES string of the molecule is CCC1(CC)c2ccccc2-c2c1c1c(c3cc(OC)c(OC)cc23)OC(c2ccc(-c3nc(F)nc(F)n3)cc2)(c2ccc(N3CCOCC3)cc2)C=C1. The highest BCUT2D eigenvalue weighted by atomic mass is 19.1. The van der Waals surface area contributed by atoms with E-state index in [9.17, 15) is 8.78 Å². The van der Waals surface area contributed by atoms with Crippen molar-refractivity contribution in [2.24, 2.45) is 0 Å². The van der Waals surface area contributed by atoms with Gasteiger partial charge in [0.2, 0.25) is 0 Å². The molecule has 6 aromatic rings. The molecule has 0 saturated carbocycles. The molecule has 1 fully saturated rings. The van der Waals surface area contributed by atoms with E-state index in [0.717, 1.165) is 64.8 Å². The fourth-order valence-electron chi connectivity index (χ4n) is 9.02. The number of morpholine rings is 1. The van der Waals surface area contributed by atoms with Crippen LogP contribution in [0.3, 0.4) is 0 Å². The molecule has 1 unspecified atom stereocenters. The topological polar surface area (TPSA) is 78.8 Å². The smallest absolute Gasteiger partial charge is 0.314 e. The lowest BCUT2D eigenvalue weighted by Crippen LogP contribution is -2.37. The van der Waals surface area contributed by atoms with Crippen molar-refractivity contribution >= 4 is 22.5 Å². The molecule has 1 atom stereocenters. The van der Waals surface area contributed by atoms with Gasteiger partial charge in [-0.1, -0.05) is 80.6 Å². The lowest BCUT2D eigenvalue weighted by atomic mass is 9.71. The molecule has 3 aliphatic rings. The highest BCUT2D eigenvalue weighted by Gasteiger charge is 2.47. The number of methoxy groups -OCH3 is 2. The monoisotopic (exact) mass is 738 g/mol. The summed E-state index contributed by atoms with van der Waals surface area (Å²) >= 11 is 0. The maximum Gasteiger partial charge on any atom is 0.314 e. The molecule has 3 heterocycles. The van der Waals surface area contributed by atoms with Gasteiger partial charge < -0.3 is 23.8 Å². The summed E-state index contributed by atoms with van der Waals surface area (Å²) in [5.41, 5.74) is 7.89. The molecule has 1 saturated heterocycles. The Bertz CT molecular complexity index is 2460. The molecule has 278 valence electrons. The maximum atomic E-state index is 14.0. The van der Waals surface area contributed by atoms with Crippen LogP contribution in [0, 0.1) is 12.2 Å². The largest absolute Gasteiger partial charge is 0.493 e. The van der Waals surface area contributed by atoms with Crippen molar-refractivity contribution in [2.45, 2.75) is 37.7 Å². The molecule has 0 spiro atoms. The minimum atomic E-state index is -1.18. The molecule has 8 nitrogen and oxygen atoms in total. The second-order valence-corrected chi connectivity index (χ2v) is 14.2. The van der Waals surface area contributed by atoms with Crippen molar-refractivity contribution < 1.29 is 27.7 Å². The Morgan fingerprint density at radius 3 is 2.02 bits per heavy atom. The van der Waals surface area contributed by atoms with Crippen LogP contribution in [-0.4, -0.2) is 55.5 Å². The molecule has 0 bridgehead atoms. The molecule has 0 N–H and O–H groups in total. The molecular formula is C45H40F2N4O4. The van der Waals surface area contributed by atoms with E-state index < -0.39 is 17.8 Å². The van der Waals surface area contributed by atoms with Crippen molar-refractivity contribution in [3.8, 4) is 39.8 Å². The first-order chi connectivity index (χ1) is 26.8. The number of hydrogen-bond acceptors (Lipinski definition) is 8. The van der Waals surface area contributed by atoms with Crippen molar-refractivity contribution in [1.29, 1.82) is 0 Å². The summed E-state index contributed by atoms with van der Waals surface area (Å²) in [5.74, 6) is 1.88. The van der Waals surface area contributed by atoms with E-state index in [1.807, 2.05) is 18.2 Å². The van der Waals surface area contributed by atoms with Crippen molar-refractivity contribution in [3.05, 3.63) is 131 Å². The van der Waals surface area contributed by atoms with Crippen LogP contribution in [0.25, 0.3) is 39.4 Å². The molecule has 2 aliphatic heterocycles. The van der Waals surface area contributed by atoms with Crippen LogP contribution in [0.2, 0.25) is 0 Å². The Hall–Kier alpha value is -5.87. The minimum Gasteiger partial charge on any atom is -0.493 e. The third-order valence-corrected chi connectivity index (χ3v) is 11.8. The summed E-state index contributed by atoms with van der Waals surface area (Å²) in [4.78, 5) is 12.9. The van der Waals surface area contributed by atoms with Gasteiger partial charge in [0.25, 0.3) is 0 Å². The van der Waals surface area contributed by atoms with Crippen LogP contribution >= 0.6 is 0 Å². The summed E-state index contributed by atoms with van der Waals surface area (Å²) in [6, 6.07) is 28.6. The Morgan fingerprint density at radius 2 is 1.38 bits per heavy atom. The van der Waals surface area contributed by atoms with Gasteiger partial charge in [-0.25, -0.2) is 0 Å². The molecule has 0 radical (unpaired) electrons. The van der Waals surface area contributed by atoms with E-state index in [1.54, 1.807) is 26.4 Å². The van der Waals surface area contributed by atoms with Crippen molar-refractivity contribution in [1.82, 2.24) is 15.0 Å². The Morgan fingerprint density at radius 1 is 0.764 bits per heavy atom. The van der Waals surface area contributed by atoms with Gasteiger partial charge in [0.05, 0.1) is 27.4 Å².